The lowest BCUT2D eigenvalue weighted by molar-refractivity contribution is 0.624. The van der Waals surface area contributed by atoms with Gasteiger partial charge in [0.05, 0.1) is 4.47 Å². The molecule has 4 heteroatoms. The van der Waals surface area contributed by atoms with Gasteiger partial charge in [0.25, 0.3) is 0 Å². The van der Waals surface area contributed by atoms with Crippen molar-refractivity contribution in [2.75, 3.05) is 0 Å². The maximum absolute atomic E-state index is 13.6. The van der Waals surface area contributed by atoms with E-state index in [9.17, 15) is 4.39 Å². The minimum atomic E-state index is -0.290. The molecular weight excluding hydrogens is 247 g/mol. The van der Waals surface area contributed by atoms with Crippen molar-refractivity contribution in [3.8, 4) is 11.1 Å². The topological polar surface area (TPSA) is 25.8 Å². The van der Waals surface area contributed by atoms with Crippen LogP contribution in [0.1, 0.15) is 0 Å². The van der Waals surface area contributed by atoms with Crippen molar-refractivity contribution >= 4 is 15.9 Å². The van der Waals surface area contributed by atoms with Crippen molar-refractivity contribution < 1.29 is 4.39 Å². The highest BCUT2D eigenvalue weighted by Gasteiger charge is 2.07. The highest BCUT2D eigenvalue weighted by Crippen LogP contribution is 2.26. The minimum absolute atomic E-state index is 0.290. The number of rotatable bonds is 1. The number of hydrogen-bond acceptors (Lipinski definition) is 2. The minimum Gasteiger partial charge on any atom is -0.244 e. The molecule has 0 bridgehead atoms. The van der Waals surface area contributed by atoms with E-state index in [0.29, 0.717) is 15.6 Å². The van der Waals surface area contributed by atoms with E-state index >= 15 is 0 Å². The van der Waals surface area contributed by atoms with Gasteiger partial charge in [0.2, 0.25) is 0 Å². The van der Waals surface area contributed by atoms with E-state index in [1.54, 1.807) is 30.6 Å². The Morgan fingerprint density at radius 2 is 1.86 bits per heavy atom. The van der Waals surface area contributed by atoms with Gasteiger partial charge in [0.1, 0.15) is 12.1 Å². The fourth-order valence-corrected chi connectivity index (χ4v) is 1.53. The van der Waals surface area contributed by atoms with Gasteiger partial charge in [-0.1, -0.05) is 12.1 Å². The van der Waals surface area contributed by atoms with Gasteiger partial charge in [-0.3, -0.25) is 0 Å². The molecule has 70 valence electrons. The molecule has 1 aromatic carbocycles. The van der Waals surface area contributed by atoms with Crippen molar-refractivity contribution in [2.24, 2.45) is 0 Å². The van der Waals surface area contributed by atoms with Crippen molar-refractivity contribution in [3.05, 3.63) is 47.2 Å². The first-order valence-corrected chi connectivity index (χ1v) is 4.78. The third-order valence-electron chi connectivity index (χ3n) is 1.82. The maximum Gasteiger partial charge on any atom is 0.145 e. The molecule has 2 aromatic rings. The van der Waals surface area contributed by atoms with Crippen LogP contribution in [0.4, 0.5) is 4.39 Å². The molecule has 2 rings (SSSR count). The lowest BCUT2D eigenvalue weighted by atomic mass is 10.1. The summed E-state index contributed by atoms with van der Waals surface area (Å²) in [6.45, 7) is 0. The normalized spacial score (nSPS) is 10.1. The van der Waals surface area contributed by atoms with E-state index in [4.69, 9.17) is 0 Å². The first-order valence-electron chi connectivity index (χ1n) is 3.98. The van der Waals surface area contributed by atoms with Crippen molar-refractivity contribution in [1.29, 1.82) is 0 Å². The summed E-state index contributed by atoms with van der Waals surface area (Å²) in [5.41, 5.74) is 1.17. The van der Waals surface area contributed by atoms with Crippen LogP contribution in [0.3, 0.4) is 0 Å². The predicted octanol–water partition coefficient (Wildman–Crippen LogP) is 3.05. The van der Waals surface area contributed by atoms with Crippen molar-refractivity contribution in [2.45, 2.75) is 0 Å². The maximum atomic E-state index is 13.6. The van der Waals surface area contributed by atoms with Gasteiger partial charge in [-0.25, -0.2) is 14.4 Å². The largest absolute Gasteiger partial charge is 0.244 e. The van der Waals surface area contributed by atoms with Crippen molar-refractivity contribution in [3.63, 3.8) is 0 Å². The fourth-order valence-electron chi connectivity index (χ4n) is 1.16. The first kappa shape index (κ1) is 9.27. The lowest BCUT2D eigenvalue weighted by Gasteiger charge is -2.02. The lowest BCUT2D eigenvalue weighted by Crippen LogP contribution is -1.87. The van der Waals surface area contributed by atoms with Crippen LogP contribution < -0.4 is 0 Å². The molecule has 0 aliphatic rings. The van der Waals surface area contributed by atoms with Gasteiger partial charge >= 0.3 is 0 Å². The van der Waals surface area contributed by atoms with Crippen LogP contribution >= 0.6 is 15.9 Å². The number of aromatic nitrogens is 2. The molecule has 0 N–H and O–H groups in total. The Hall–Kier alpha value is -1.29. The summed E-state index contributed by atoms with van der Waals surface area (Å²) in [7, 11) is 0. The Balaban J connectivity index is 2.58. The molecule has 1 aromatic heterocycles. The van der Waals surface area contributed by atoms with Crippen LogP contribution in [0.2, 0.25) is 0 Å². The Morgan fingerprint density at radius 3 is 2.57 bits per heavy atom. The Labute approximate surface area is 89.0 Å². The molecule has 0 unspecified atom stereocenters. The molecule has 2 nitrogen and oxygen atoms in total. The standard InChI is InChI=1S/C10H6BrFN2/c11-9-3-1-2-8(10(9)12)7-4-13-6-14-5-7/h1-6H. The second-order valence-corrected chi connectivity index (χ2v) is 3.58. The first-order chi connectivity index (χ1) is 6.79. The number of hydrogen-bond donors (Lipinski definition) is 0. The van der Waals surface area contributed by atoms with Gasteiger partial charge in [-0.15, -0.1) is 0 Å². The summed E-state index contributed by atoms with van der Waals surface area (Å²) in [6, 6.07) is 5.12. The molecule has 0 spiro atoms. The molecule has 0 aliphatic heterocycles. The van der Waals surface area contributed by atoms with E-state index in [1.807, 2.05) is 0 Å². The molecule has 1 heterocycles. The molecule has 0 saturated carbocycles. The molecule has 0 radical (unpaired) electrons. The molecular formula is C10H6BrFN2. The third kappa shape index (κ3) is 1.65. The second kappa shape index (κ2) is 3.84. The van der Waals surface area contributed by atoms with Crippen LogP contribution in [0.15, 0.2) is 41.4 Å². The zero-order valence-electron chi connectivity index (χ0n) is 7.11. The Morgan fingerprint density at radius 1 is 1.14 bits per heavy atom. The smallest absolute Gasteiger partial charge is 0.145 e. The summed E-state index contributed by atoms with van der Waals surface area (Å²) in [6.07, 6.45) is 4.58. The van der Waals surface area contributed by atoms with Crippen LogP contribution in [0.5, 0.6) is 0 Å². The van der Waals surface area contributed by atoms with E-state index in [2.05, 4.69) is 25.9 Å². The summed E-state index contributed by atoms with van der Waals surface area (Å²) >= 11 is 3.13. The van der Waals surface area contributed by atoms with Gasteiger partial charge < -0.3 is 0 Å². The van der Waals surface area contributed by atoms with Gasteiger partial charge in [0.15, 0.2) is 0 Å². The summed E-state index contributed by atoms with van der Waals surface area (Å²) in [5, 5.41) is 0. The number of benzene rings is 1. The highest BCUT2D eigenvalue weighted by molar-refractivity contribution is 9.10. The third-order valence-corrected chi connectivity index (χ3v) is 2.44. The van der Waals surface area contributed by atoms with Crippen LogP contribution in [-0.4, -0.2) is 9.97 Å². The SMILES string of the molecule is Fc1c(Br)cccc1-c1cncnc1. The van der Waals surface area contributed by atoms with E-state index < -0.39 is 0 Å². The molecule has 0 fully saturated rings. The average Bonchev–Trinajstić information content (AvgIpc) is 2.23. The quantitative estimate of drug-likeness (QED) is 0.780. The highest BCUT2D eigenvalue weighted by atomic mass is 79.9. The van der Waals surface area contributed by atoms with Crippen molar-refractivity contribution in [1.82, 2.24) is 9.97 Å². The van der Waals surface area contributed by atoms with Gasteiger partial charge in [0, 0.05) is 23.5 Å². The number of nitrogens with zero attached hydrogens (tertiary/aromatic N) is 2. The van der Waals surface area contributed by atoms with Gasteiger partial charge in [-0.05, 0) is 22.0 Å². The summed E-state index contributed by atoms with van der Waals surface area (Å²) in [4.78, 5) is 7.68. The summed E-state index contributed by atoms with van der Waals surface area (Å²) in [5.74, 6) is -0.290. The summed E-state index contributed by atoms with van der Waals surface area (Å²) < 4.78 is 14.0. The van der Waals surface area contributed by atoms with Gasteiger partial charge in [-0.2, -0.15) is 0 Å². The Bertz CT molecular complexity index is 445. The molecule has 0 atom stereocenters. The van der Waals surface area contributed by atoms with Crippen LogP contribution in [0, 0.1) is 5.82 Å². The van der Waals surface area contributed by atoms with Crippen LogP contribution in [-0.2, 0) is 0 Å². The number of halogens is 2. The van der Waals surface area contributed by atoms with E-state index in [1.165, 1.54) is 6.33 Å². The molecule has 0 amide bonds. The molecule has 14 heavy (non-hydrogen) atoms. The predicted molar refractivity (Wildman–Crippen MR) is 55.1 cm³/mol. The van der Waals surface area contributed by atoms with E-state index in [0.717, 1.165) is 0 Å². The monoisotopic (exact) mass is 252 g/mol. The Kier molecular flexibility index (Phi) is 2.54. The molecule has 0 saturated heterocycles. The van der Waals surface area contributed by atoms with Crippen LogP contribution in [0.25, 0.3) is 11.1 Å². The zero-order chi connectivity index (χ0) is 9.97. The fraction of sp³-hybridized carbons (Fsp3) is 0. The average molecular weight is 253 g/mol. The zero-order valence-corrected chi connectivity index (χ0v) is 8.70. The second-order valence-electron chi connectivity index (χ2n) is 2.73. The molecule has 0 aliphatic carbocycles. The van der Waals surface area contributed by atoms with E-state index in [-0.39, 0.29) is 5.82 Å².